The molecule has 0 radical (unpaired) electrons. The predicted molar refractivity (Wildman–Crippen MR) is 73.7 cm³/mol. The maximum Gasteiger partial charge on any atom is 0.272 e. The molecule has 5 nitrogen and oxygen atoms in total. The Kier molecular flexibility index (Phi) is 5.13. The van der Waals surface area contributed by atoms with Gasteiger partial charge in [0.2, 0.25) is 0 Å². The first-order valence-electron chi connectivity index (χ1n) is 6.40. The molecule has 0 aliphatic carbocycles. The van der Waals surface area contributed by atoms with Crippen molar-refractivity contribution in [1.29, 1.82) is 0 Å². The van der Waals surface area contributed by atoms with Crippen LogP contribution in [0.15, 0.2) is 18.2 Å². The molecule has 6 heteroatoms. The van der Waals surface area contributed by atoms with Crippen molar-refractivity contribution >= 4 is 17.3 Å². The second kappa shape index (κ2) is 6.84. The third-order valence-corrected chi connectivity index (χ3v) is 3.50. The van der Waals surface area contributed by atoms with Gasteiger partial charge in [-0.2, -0.15) is 0 Å². The molecule has 1 aromatic carbocycles. The molecule has 1 heterocycles. The summed E-state index contributed by atoms with van der Waals surface area (Å²) < 4.78 is 5.28. The predicted octanol–water partition coefficient (Wildman–Crippen LogP) is 2.51. The summed E-state index contributed by atoms with van der Waals surface area (Å²) >= 11 is 5.90. The molecule has 0 aromatic heterocycles. The normalized spacial score (nSPS) is 16.5. The van der Waals surface area contributed by atoms with Gasteiger partial charge in [-0.05, 0) is 31.5 Å². The molecule has 1 aliphatic rings. The number of nitrogens with zero attached hydrogens (tertiary/aromatic N) is 2. The van der Waals surface area contributed by atoms with Crippen LogP contribution in [0, 0.1) is 10.1 Å². The number of morpholine rings is 1. The van der Waals surface area contributed by atoms with E-state index in [1.54, 1.807) is 12.1 Å². The van der Waals surface area contributed by atoms with E-state index in [1.807, 2.05) is 0 Å². The van der Waals surface area contributed by atoms with Crippen molar-refractivity contribution in [2.24, 2.45) is 0 Å². The Hall–Kier alpha value is -1.17. The number of nitro benzene ring substituents is 1. The van der Waals surface area contributed by atoms with Crippen LogP contribution in [0.5, 0.6) is 0 Å². The van der Waals surface area contributed by atoms with Gasteiger partial charge in [-0.15, -0.1) is 0 Å². The largest absolute Gasteiger partial charge is 0.379 e. The lowest BCUT2D eigenvalue weighted by Crippen LogP contribution is -2.36. The van der Waals surface area contributed by atoms with Gasteiger partial charge in [-0.25, -0.2) is 0 Å². The van der Waals surface area contributed by atoms with Crippen LogP contribution < -0.4 is 0 Å². The molecular formula is C13H17ClN2O3. The minimum absolute atomic E-state index is 0.159. The van der Waals surface area contributed by atoms with E-state index in [-0.39, 0.29) is 10.6 Å². The van der Waals surface area contributed by atoms with E-state index in [4.69, 9.17) is 16.3 Å². The summed E-state index contributed by atoms with van der Waals surface area (Å²) in [5.74, 6) is 0. The third kappa shape index (κ3) is 4.16. The lowest BCUT2D eigenvalue weighted by molar-refractivity contribution is -0.385. The van der Waals surface area contributed by atoms with Crippen LogP contribution in [0.2, 0.25) is 5.02 Å². The molecule has 1 aliphatic heterocycles. The third-order valence-electron chi connectivity index (χ3n) is 3.26. The first-order chi connectivity index (χ1) is 9.16. The van der Waals surface area contributed by atoms with Crippen molar-refractivity contribution in [3.8, 4) is 0 Å². The number of halogens is 1. The number of hydrogen-bond acceptors (Lipinski definition) is 4. The highest BCUT2D eigenvalue weighted by molar-refractivity contribution is 6.30. The molecule has 1 aromatic rings. The smallest absolute Gasteiger partial charge is 0.272 e. The zero-order valence-corrected chi connectivity index (χ0v) is 11.4. The van der Waals surface area contributed by atoms with E-state index in [2.05, 4.69) is 4.90 Å². The first-order valence-corrected chi connectivity index (χ1v) is 6.77. The molecule has 19 heavy (non-hydrogen) atoms. The number of nitro groups is 1. The van der Waals surface area contributed by atoms with Gasteiger partial charge in [0.15, 0.2) is 0 Å². The van der Waals surface area contributed by atoms with Gasteiger partial charge >= 0.3 is 0 Å². The zero-order chi connectivity index (χ0) is 13.7. The van der Waals surface area contributed by atoms with Gasteiger partial charge in [-0.3, -0.25) is 15.0 Å². The van der Waals surface area contributed by atoms with Crippen LogP contribution in [0.4, 0.5) is 5.69 Å². The van der Waals surface area contributed by atoms with Crippen molar-refractivity contribution in [3.63, 3.8) is 0 Å². The number of aryl methyl sites for hydroxylation is 1. The van der Waals surface area contributed by atoms with Gasteiger partial charge in [0, 0.05) is 29.7 Å². The maximum atomic E-state index is 10.9. The van der Waals surface area contributed by atoms with E-state index in [1.165, 1.54) is 6.07 Å². The van der Waals surface area contributed by atoms with Crippen LogP contribution in [0.3, 0.4) is 0 Å². The van der Waals surface area contributed by atoms with Crippen molar-refractivity contribution in [3.05, 3.63) is 38.9 Å². The molecule has 1 fully saturated rings. The summed E-state index contributed by atoms with van der Waals surface area (Å²) in [7, 11) is 0. The summed E-state index contributed by atoms with van der Waals surface area (Å²) in [6.07, 6.45) is 1.56. The lowest BCUT2D eigenvalue weighted by atomic mass is 10.1. The van der Waals surface area contributed by atoms with E-state index < -0.39 is 0 Å². The Morgan fingerprint density at radius 3 is 2.79 bits per heavy atom. The molecule has 0 amide bonds. The van der Waals surface area contributed by atoms with Gasteiger partial charge in [0.1, 0.15) is 0 Å². The van der Waals surface area contributed by atoms with E-state index >= 15 is 0 Å². The second-order valence-corrected chi connectivity index (χ2v) is 5.02. The Morgan fingerprint density at radius 2 is 2.11 bits per heavy atom. The van der Waals surface area contributed by atoms with Gasteiger partial charge in [0.25, 0.3) is 5.69 Å². The summed E-state index contributed by atoms with van der Waals surface area (Å²) in [6, 6.07) is 4.73. The summed E-state index contributed by atoms with van der Waals surface area (Å²) in [5, 5.41) is 11.5. The van der Waals surface area contributed by atoms with Crippen molar-refractivity contribution in [2.75, 3.05) is 32.8 Å². The van der Waals surface area contributed by atoms with Crippen LogP contribution in [0.1, 0.15) is 12.0 Å². The molecule has 1 saturated heterocycles. The highest BCUT2D eigenvalue weighted by atomic mass is 35.5. The highest BCUT2D eigenvalue weighted by Gasteiger charge is 2.15. The van der Waals surface area contributed by atoms with Crippen LogP contribution >= 0.6 is 11.6 Å². The Balaban J connectivity index is 1.91. The average molecular weight is 285 g/mol. The average Bonchev–Trinajstić information content (AvgIpc) is 2.39. The number of ether oxygens (including phenoxy) is 1. The van der Waals surface area contributed by atoms with E-state index in [0.29, 0.717) is 17.0 Å². The molecule has 0 atom stereocenters. The second-order valence-electron chi connectivity index (χ2n) is 4.59. The highest BCUT2D eigenvalue weighted by Crippen LogP contribution is 2.24. The van der Waals surface area contributed by atoms with Crippen molar-refractivity contribution < 1.29 is 9.66 Å². The Labute approximate surface area is 117 Å². The van der Waals surface area contributed by atoms with Crippen LogP contribution in [0.25, 0.3) is 0 Å². The molecule has 0 N–H and O–H groups in total. The SMILES string of the molecule is O=[N+]([O-])c1ccc(Cl)cc1CCCN1CCOCC1. The summed E-state index contributed by atoms with van der Waals surface area (Å²) in [6.45, 7) is 4.37. The molecule has 0 saturated carbocycles. The zero-order valence-electron chi connectivity index (χ0n) is 10.7. The van der Waals surface area contributed by atoms with Gasteiger partial charge in [0.05, 0.1) is 18.1 Å². The fourth-order valence-corrected chi connectivity index (χ4v) is 2.45. The number of benzene rings is 1. The minimum Gasteiger partial charge on any atom is -0.379 e. The first kappa shape index (κ1) is 14.2. The maximum absolute atomic E-state index is 10.9. The Morgan fingerprint density at radius 1 is 1.37 bits per heavy atom. The molecule has 0 unspecified atom stereocenters. The van der Waals surface area contributed by atoms with Crippen LogP contribution in [-0.2, 0) is 11.2 Å². The standard InChI is InChI=1S/C13H17ClN2O3/c14-12-3-4-13(16(17)18)11(10-12)2-1-5-15-6-8-19-9-7-15/h3-4,10H,1-2,5-9H2. The number of hydrogen-bond donors (Lipinski definition) is 0. The molecule has 2 rings (SSSR count). The summed E-state index contributed by atoms with van der Waals surface area (Å²) in [4.78, 5) is 12.9. The van der Waals surface area contributed by atoms with Crippen molar-refractivity contribution in [1.82, 2.24) is 4.90 Å². The molecular weight excluding hydrogens is 268 g/mol. The fraction of sp³-hybridized carbons (Fsp3) is 0.538. The fourth-order valence-electron chi connectivity index (χ4n) is 2.25. The van der Waals surface area contributed by atoms with Gasteiger partial charge < -0.3 is 4.74 Å². The topological polar surface area (TPSA) is 55.6 Å². The number of rotatable bonds is 5. The van der Waals surface area contributed by atoms with Gasteiger partial charge in [-0.1, -0.05) is 11.6 Å². The Bertz CT molecular complexity index is 448. The molecule has 0 bridgehead atoms. The summed E-state index contributed by atoms with van der Waals surface area (Å²) in [5.41, 5.74) is 0.872. The monoisotopic (exact) mass is 284 g/mol. The van der Waals surface area contributed by atoms with E-state index in [9.17, 15) is 10.1 Å². The molecule has 0 spiro atoms. The lowest BCUT2D eigenvalue weighted by Gasteiger charge is -2.26. The van der Waals surface area contributed by atoms with Crippen molar-refractivity contribution in [2.45, 2.75) is 12.8 Å². The minimum atomic E-state index is -0.347. The van der Waals surface area contributed by atoms with Crippen LogP contribution in [-0.4, -0.2) is 42.7 Å². The van der Waals surface area contributed by atoms with E-state index in [0.717, 1.165) is 39.3 Å². The quantitative estimate of drug-likeness (QED) is 0.616. The molecule has 104 valence electrons.